The maximum atomic E-state index is 6.60. The van der Waals surface area contributed by atoms with Crippen molar-refractivity contribution in [2.45, 2.75) is 71.4 Å². The van der Waals surface area contributed by atoms with E-state index in [1.165, 1.54) is 22.3 Å². The van der Waals surface area contributed by atoms with E-state index in [1.54, 1.807) is 0 Å². The molecule has 1 fully saturated rings. The molecule has 0 aromatic heterocycles. The van der Waals surface area contributed by atoms with Crippen molar-refractivity contribution in [1.29, 1.82) is 0 Å². The van der Waals surface area contributed by atoms with Crippen LogP contribution in [0.15, 0.2) is 48.5 Å². The van der Waals surface area contributed by atoms with Gasteiger partial charge in [-0.05, 0) is 36.5 Å². The number of aryl methyl sites for hydroxylation is 2. The molecule has 2 nitrogen and oxygen atoms in total. The van der Waals surface area contributed by atoms with E-state index in [9.17, 15) is 0 Å². The van der Waals surface area contributed by atoms with Gasteiger partial charge >= 0.3 is 8.56 Å². The lowest BCUT2D eigenvalue weighted by molar-refractivity contribution is 0.0293. The molecular formula is C26H38O2Si. The molecular weight excluding hydrogens is 372 g/mol. The summed E-state index contributed by atoms with van der Waals surface area (Å²) in [5.41, 5.74) is 5.25. The normalized spacial score (nSPS) is 18.0. The largest absolute Gasteiger partial charge is 0.393 e. The Morgan fingerprint density at radius 3 is 1.66 bits per heavy atom. The summed E-state index contributed by atoms with van der Waals surface area (Å²) < 4.78 is 13.2. The van der Waals surface area contributed by atoms with Crippen LogP contribution in [0, 0.1) is 12.8 Å². The quantitative estimate of drug-likeness (QED) is 0.492. The van der Waals surface area contributed by atoms with Crippen LogP contribution in [0.4, 0.5) is 0 Å². The topological polar surface area (TPSA) is 18.5 Å². The zero-order chi connectivity index (χ0) is 21.3. The lowest BCUT2D eigenvalue weighted by Crippen LogP contribution is -2.61. The van der Waals surface area contributed by atoms with E-state index < -0.39 is 8.56 Å². The van der Waals surface area contributed by atoms with Crippen LogP contribution in [-0.2, 0) is 15.3 Å². The molecule has 3 heteroatoms. The molecule has 1 aliphatic heterocycles. The highest BCUT2D eigenvalue weighted by Crippen LogP contribution is 2.53. The molecule has 0 bridgehead atoms. The van der Waals surface area contributed by atoms with Crippen LogP contribution in [-0.4, -0.2) is 21.8 Å². The Hall–Kier alpha value is -1.42. The summed E-state index contributed by atoms with van der Waals surface area (Å²) in [4.78, 5) is 0. The van der Waals surface area contributed by atoms with Gasteiger partial charge in [-0.15, -0.1) is 0 Å². The Morgan fingerprint density at radius 2 is 1.21 bits per heavy atom. The van der Waals surface area contributed by atoms with E-state index >= 15 is 0 Å². The first-order chi connectivity index (χ1) is 13.5. The number of hydrogen-bond acceptors (Lipinski definition) is 2. The molecule has 0 aliphatic carbocycles. The minimum Gasteiger partial charge on any atom is -0.393 e. The summed E-state index contributed by atoms with van der Waals surface area (Å²) >= 11 is 0. The summed E-state index contributed by atoms with van der Waals surface area (Å²) in [5.74, 6) is 0.483. The Labute approximate surface area is 178 Å². The van der Waals surface area contributed by atoms with Gasteiger partial charge < -0.3 is 8.85 Å². The van der Waals surface area contributed by atoms with Gasteiger partial charge in [-0.25, -0.2) is 0 Å². The molecule has 2 aromatic rings. The first-order valence-corrected chi connectivity index (χ1v) is 12.8. The van der Waals surface area contributed by atoms with Gasteiger partial charge in [0.1, 0.15) is 0 Å². The average Bonchev–Trinajstić information content (AvgIpc) is 2.66. The van der Waals surface area contributed by atoms with Crippen LogP contribution in [0.5, 0.6) is 0 Å². The summed E-state index contributed by atoms with van der Waals surface area (Å²) in [6.07, 6.45) is 2.19. The standard InChI is InChI=1S/C26H38O2Si/c1-20-8-14-23(15-9-20)24-16-12-21(13-17-24)10-11-22-18-27-29(28-19-22,25(2,3)4)26(5,6)7/h8-9,12-17,22H,10-11,18-19H2,1-7H3. The van der Waals surface area contributed by atoms with Gasteiger partial charge in [0, 0.05) is 29.2 Å². The molecule has 2 aromatic carbocycles. The minimum absolute atomic E-state index is 0.0715. The summed E-state index contributed by atoms with van der Waals surface area (Å²) in [6, 6.07) is 17.8. The third kappa shape index (κ3) is 4.84. The lowest BCUT2D eigenvalue weighted by Gasteiger charge is -2.52. The second-order valence-electron chi connectivity index (χ2n) is 10.7. The van der Waals surface area contributed by atoms with Gasteiger partial charge in [-0.1, -0.05) is 95.6 Å². The van der Waals surface area contributed by atoms with Crippen molar-refractivity contribution in [2.24, 2.45) is 5.92 Å². The van der Waals surface area contributed by atoms with Crippen molar-refractivity contribution in [3.63, 3.8) is 0 Å². The van der Waals surface area contributed by atoms with Crippen LogP contribution in [0.2, 0.25) is 10.1 Å². The smallest absolute Gasteiger partial charge is 0.349 e. The Bertz CT molecular complexity index is 771. The predicted octanol–water partition coefficient (Wildman–Crippen LogP) is 7.30. The highest BCUT2D eigenvalue weighted by atomic mass is 28.4. The first kappa shape index (κ1) is 22.3. The number of rotatable bonds is 4. The zero-order valence-corrected chi connectivity index (χ0v) is 20.3. The Kier molecular flexibility index (Phi) is 6.43. The molecule has 29 heavy (non-hydrogen) atoms. The third-order valence-corrected chi connectivity index (χ3v) is 11.3. The Morgan fingerprint density at radius 1 is 0.759 bits per heavy atom. The van der Waals surface area contributed by atoms with Crippen molar-refractivity contribution in [3.05, 3.63) is 59.7 Å². The zero-order valence-electron chi connectivity index (χ0n) is 19.3. The lowest BCUT2D eigenvalue weighted by atomic mass is 9.98. The summed E-state index contributed by atoms with van der Waals surface area (Å²) in [7, 11) is -2.29. The third-order valence-electron chi connectivity index (χ3n) is 6.20. The fourth-order valence-corrected chi connectivity index (χ4v) is 9.70. The van der Waals surface area contributed by atoms with E-state index in [0.717, 1.165) is 26.1 Å². The number of hydrogen-bond donors (Lipinski definition) is 0. The second-order valence-corrected chi connectivity index (χ2v) is 15.5. The molecule has 0 atom stereocenters. The van der Waals surface area contributed by atoms with E-state index in [2.05, 4.69) is 97.0 Å². The van der Waals surface area contributed by atoms with Crippen LogP contribution in [0.25, 0.3) is 11.1 Å². The molecule has 0 amide bonds. The molecule has 0 N–H and O–H groups in total. The van der Waals surface area contributed by atoms with Crippen LogP contribution >= 0.6 is 0 Å². The van der Waals surface area contributed by atoms with Crippen LogP contribution < -0.4 is 0 Å². The highest BCUT2D eigenvalue weighted by Gasteiger charge is 2.59. The van der Waals surface area contributed by atoms with Crippen molar-refractivity contribution < 1.29 is 8.85 Å². The van der Waals surface area contributed by atoms with Crippen molar-refractivity contribution in [1.82, 2.24) is 0 Å². The van der Waals surface area contributed by atoms with Gasteiger partial charge in [0.15, 0.2) is 0 Å². The van der Waals surface area contributed by atoms with Gasteiger partial charge in [0.05, 0.1) is 0 Å². The van der Waals surface area contributed by atoms with Crippen molar-refractivity contribution in [2.75, 3.05) is 13.2 Å². The van der Waals surface area contributed by atoms with E-state index in [0.29, 0.717) is 5.92 Å². The molecule has 158 valence electrons. The molecule has 3 rings (SSSR count). The SMILES string of the molecule is Cc1ccc(-c2ccc(CCC3CO[Si](C(C)(C)C)(C(C)(C)C)OC3)cc2)cc1. The molecule has 0 spiro atoms. The molecule has 1 aliphatic rings. The molecule has 0 unspecified atom stereocenters. The molecule has 1 heterocycles. The van der Waals surface area contributed by atoms with Crippen LogP contribution in [0.3, 0.4) is 0 Å². The monoisotopic (exact) mass is 410 g/mol. The second kappa shape index (κ2) is 8.37. The van der Waals surface area contributed by atoms with E-state index in [1.807, 2.05) is 0 Å². The van der Waals surface area contributed by atoms with Gasteiger partial charge in [-0.2, -0.15) is 0 Å². The van der Waals surface area contributed by atoms with E-state index in [4.69, 9.17) is 8.85 Å². The predicted molar refractivity (Wildman–Crippen MR) is 126 cm³/mol. The Balaban J connectivity index is 1.57. The maximum Gasteiger partial charge on any atom is 0.349 e. The summed E-state index contributed by atoms with van der Waals surface area (Å²) in [6.45, 7) is 17.5. The molecule has 0 saturated carbocycles. The average molecular weight is 411 g/mol. The first-order valence-electron chi connectivity index (χ1n) is 11.0. The van der Waals surface area contributed by atoms with Crippen LogP contribution in [0.1, 0.15) is 59.1 Å². The van der Waals surface area contributed by atoms with Gasteiger partial charge in [-0.3, -0.25) is 0 Å². The highest BCUT2D eigenvalue weighted by molar-refractivity contribution is 6.73. The number of benzene rings is 2. The molecule has 1 saturated heterocycles. The minimum atomic E-state index is -2.29. The van der Waals surface area contributed by atoms with Crippen molar-refractivity contribution in [3.8, 4) is 11.1 Å². The van der Waals surface area contributed by atoms with Crippen molar-refractivity contribution >= 4 is 8.56 Å². The fraction of sp³-hybridized carbons (Fsp3) is 0.538. The molecule has 0 radical (unpaired) electrons. The fourth-order valence-electron chi connectivity index (χ4n) is 4.70. The van der Waals surface area contributed by atoms with Gasteiger partial charge in [0.2, 0.25) is 0 Å². The van der Waals surface area contributed by atoms with Gasteiger partial charge in [0.25, 0.3) is 0 Å². The van der Waals surface area contributed by atoms with E-state index in [-0.39, 0.29) is 10.1 Å². The maximum absolute atomic E-state index is 6.60. The summed E-state index contributed by atoms with van der Waals surface area (Å²) in [5, 5.41) is 0.143.